The zero-order chi connectivity index (χ0) is 46.1. The van der Waals surface area contributed by atoms with Gasteiger partial charge in [0.1, 0.15) is 0 Å². The summed E-state index contributed by atoms with van der Waals surface area (Å²) in [6.45, 7) is 26.5. The highest BCUT2D eigenvalue weighted by molar-refractivity contribution is 6.63. The standard InChI is InChI=1S/C58H86B2O4/c1-13-17-21-25-29-43-33-44(30-26-22-18-14-2)36-47(35-43)51-39-49(59-61-55(5,6)56(7,8)62-59)42-54-52(40-50(41-53(51)54)60-63-57(9,10)58(11,12)64-60)48-37-45(31-27-23-19-15-3)34-46(38-48)32-28-24-20-16-4/h33-42H,13-32H2,1-12H3. The predicted octanol–water partition coefficient (Wildman–Crippen LogP) is 15.3. The second-order valence-electron chi connectivity index (χ2n) is 21.7. The van der Waals surface area contributed by atoms with E-state index in [0.717, 1.165) is 36.6 Å². The minimum Gasteiger partial charge on any atom is -0.399 e. The van der Waals surface area contributed by atoms with Crippen molar-refractivity contribution in [3.8, 4) is 22.3 Å². The van der Waals surface area contributed by atoms with Gasteiger partial charge in [0, 0.05) is 0 Å². The van der Waals surface area contributed by atoms with Crippen LogP contribution in [0.4, 0.5) is 0 Å². The molecule has 0 N–H and O–H groups in total. The molecule has 6 heteroatoms. The normalized spacial score (nSPS) is 17.6. The lowest BCUT2D eigenvalue weighted by molar-refractivity contribution is 0.00578. The first kappa shape index (κ1) is 50.5. The molecule has 0 spiro atoms. The van der Waals surface area contributed by atoms with Crippen molar-refractivity contribution in [1.29, 1.82) is 0 Å². The van der Waals surface area contributed by atoms with Crippen molar-refractivity contribution in [3.05, 3.63) is 82.9 Å². The van der Waals surface area contributed by atoms with Crippen LogP contribution in [0, 0.1) is 0 Å². The lowest BCUT2D eigenvalue weighted by atomic mass is 9.72. The van der Waals surface area contributed by atoms with Crippen LogP contribution >= 0.6 is 0 Å². The Morgan fingerprint density at radius 2 is 0.594 bits per heavy atom. The molecule has 4 aromatic rings. The zero-order valence-electron chi connectivity index (χ0n) is 42.7. The van der Waals surface area contributed by atoms with E-state index in [1.807, 2.05) is 0 Å². The number of rotatable bonds is 24. The minimum atomic E-state index is -0.492. The van der Waals surface area contributed by atoms with Crippen LogP contribution in [0.1, 0.15) is 208 Å². The van der Waals surface area contributed by atoms with Crippen LogP contribution in [0.5, 0.6) is 0 Å². The van der Waals surface area contributed by atoms with Crippen molar-refractivity contribution in [3.63, 3.8) is 0 Å². The summed E-state index contributed by atoms with van der Waals surface area (Å²) in [5.74, 6) is 0. The average molecular weight is 869 g/mol. The van der Waals surface area contributed by atoms with Gasteiger partial charge in [0.15, 0.2) is 0 Å². The lowest BCUT2D eigenvalue weighted by Crippen LogP contribution is -2.41. The molecule has 348 valence electrons. The molecule has 4 aromatic carbocycles. The topological polar surface area (TPSA) is 36.9 Å². The van der Waals surface area contributed by atoms with Gasteiger partial charge < -0.3 is 18.6 Å². The third kappa shape index (κ3) is 12.4. The van der Waals surface area contributed by atoms with Crippen LogP contribution in [0.15, 0.2) is 60.7 Å². The van der Waals surface area contributed by atoms with Gasteiger partial charge in [0.25, 0.3) is 0 Å². The summed E-state index contributed by atoms with van der Waals surface area (Å²) in [6.07, 6.45) is 24.5. The van der Waals surface area contributed by atoms with Crippen molar-refractivity contribution in [2.24, 2.45) is 0 Å². The molecule has 6 rings (SSSR count). The fraction of sp³-hybridized carbons (Fsp3) is 0.621. The Morgan fingerprint density at radius 1 is 0.328 bits per heavy atom. The van der Waals surface area contributed by atoms with Crippen molar-refractivity contribution in [2.75, 3.05) is 0 Å². The van der Waals surface area contributed by atoms with E-state index in [4.69, 9.17) is 18.6 Å². The molecule has 2 saturated heterocycles. The number of benzene rings is 4. The van der Waals surface area contributed by atoms with Crippen molar-refractivity contribution in [2.45, 2.75) is 234 Å². The summed E-state index contributed by atoms with van der Waals surface area (Å²) in [6, 6.07) is 24.6. The fourth-order valence-electron chi connectivity index (χ4n) is 9.65. The summed E-state index contributed by atoms with van der Waals surface area (Å²) >= 11 is 0. The summed E-state index contributed by atoms with van der Waals surface area (Å²) in [4.78, 5) is 0. The van der Waals surface area contributed by atoms with E-state index in [2.05, 4.69) is 144 Å². The molecule has 0 atom stereocenters. The Kier molecular flexibility index (Phi) is 17.6. The molecule has 2 fully saturated rings. The van der Waals surface area contributed by atoms with Crippen LogP contribution in [-0.2, 0) is 44.3 Å². The molecule has 2 aliphatic heterocycles. The van der Waals surface area contributed by atoms with Gasteiger partial charge in [-0.15, -0.1) is 0 Å². The molecule has 2 heterocycles. The summed E-state index contributed by atoms with van der Waals surface area (Å²) in [7, 11) is -0.984. The third-order valence-electron chi connectivity index (χ3n) is 15.2. The Labute approximate surface area is 392 Å². The van der Waals surface area contributed by atoms with Gasteiger partial charge in [0.2, 0.25) is 0 Å². The molecule has 0 aliphatic carbocycles. The Morgan fingerprint density at radius 3 is 0.844 bits per heavy atom. The maximum Gasteiger partial charge on any atom is 0.494 e. The second kappa shape index (κ2) is 22.3. The molecular weight excluding hydrogens is 782 g/mol. The van der Waals surface area contributed by atoms with E-state index < -0.39 is 36.6 Å². The summed E-state index contributed by atoms with van der Waals surface area (Å²) in [5.41, 5.74) is 11.1. The van der Waals surface area contributed by atoms with Gasteiger partial charge in [-0.3, -0.25) is 0 Å². The molecular formula is C58H86B2O4. The first-order valence-electron chi connectivity index (χ1n) is 26.1. The maximum atomic E-state index is 6.89. The van der Waals surface area contributed by atoms with Gasteiger partial charge in [0.05, 0.1) is 22.4 Å². The van der Waals surface area contributed by atoms with Crippen molar-refractivity contribution in [1.82, 2.24) is 0 Å². The average Bonchev–Trinajstić information content (AvgIpc) is 3.62. The maximum absolute atomic E-state index is 6.89. The molecule has 0 amide bonds. The zero-order valence-corrected chi connectivity index (χ0v) is 42.7. The molecule has 2 aliphatic rings. The van der Waals surface area contributed by atoms with Gasteiger partial charge in [-0.2, -0.15) is 0 Å². The highest BCUT2D eigenvalue weighted by Gasteiger charge is 2.53. The lowest BCUT2D eigenvalue weighted by Gasteiger charge is -2.32. The molecule has 0 saturated carbocycles. The van der Waals surface area contributed by atoms with E-state index in [9.17, 15) is 0 Å². The molecule has 0 unspecified atom stereocenters. The number of fused-ring (bicyclic) bond motifs is 1. The third-order valence-corrected chi connectivity index (χ3v) is 15.2. The highest BCUT2D eigenvalue weighted by Crippen LogP contribution is 2.42. The minimum absolute atomic E-state index is 0.459. The highest BCUT2D eigenvalue weighted by atomic mass is 16.7. The Hall–Kier alpha value is -2.89. The van der Waals surface area contributed by atoms with E-state index in [1.165, 1.54) is 158 Å². The molecule has 0 aromatic heterocycles. The predicted molar refractivity (Wildman–Crippen MR) is 278 cm³/mol. The number of aryl methyl sites for hydroxylation is 4. The SMILES string of the molecule is CCCCCCc1cc(CCCCCC)cc(-c2cc(B3OC(C)(C)C(C)(C)O3)cc3c(-c4cc(CCCCCC)cc(CCCCCC)c4)cc(B4OC(C)(C)C(C)(C)O4)cc23)c1. The fourth-order valence-corrected chi connectivity index (χ4v) is 9.65. The van der Waals surface area contributed by atoms with Crippen LogP contribution < -0.4 is 10.9 Å². The number of hydrogen-bond acceptors (Lipinski definition) is 4. The first-order valence-corrected chi connectivity index (χ1v) is 26.1. The quantitative estimate of drug-likeness (QED) is 0.0519. The Balaban J connectivity index is 1.63. The molecule has 4 nitrogen and oxygen atoms in total. The Bertz CT molecular complexity index is 1890. The van der Waals surface area contributed by atoms with Gasteiger partial charge in [-0.05, 0) is 173 Å². The second-order valence-corrected chi connectivity index (χ2v) is 21.7. The van der Waals surface area contributed by atoms with Crippen LogP contribution in [0.2, 0.25) is 0 Å². The van der Waals surface area contributed by atoms with E-state index in [1.54, 1.807) is 0 Å². The largest absolute Gasteiger partial charge is 0.494 e. The monoisotopic (exact) mass is 869 g/mol. The summed E-state index contributed by atoms with van der Waals surface area (Å²) < 4.78 is 27.6. The van der Waals surface area contributed by atoms with Crippen LogP contribution in [0.3, 0.4) is 0 Å². The molecule has 0 bridgehead atoms. The summed E-state index contributed by atoms with van der Waals surface area (Å²) in [5, 5.41) is 2.45. The van der Waals surface area contributed by atoms with E-state index in [0.29, 0.717) is 0 Å². The molecule has 64 heavy (non-hydrogen) atoms. The van der Waals surface area contributed by atoms with Crippen molar-refractivity contribution >= 4 is 35.9 Å². The number of unbranched alkanes of at least 4 members (excludes halogenated alkanes) is 12. The molecule has 0 radical (unpaired) electrons. The van der Waals surface area contributed by atoms with Crippen LogP contribution in [-0.4, -0.2) is 36.6 Å². The first-order chi connectivity index (χ1) is 30.5. The van der Waals surface area contributed by atoms with Gasteiger partial charge in [-0.25, -0.2) is 0 Å². The van der Waals surface area contributed by atoms with E-state index in [-0.39, 0.29) is 0 Å². The number of hydrogen-bond donors (Lipinski definition) is 0. The van der Waals surface area contributed by atoms with Gasteiger partial charge in [-0.1, -0.05) is 165 Å². The smallest absolute Gasteiger partial charge is 0.399 e. The van der Waals surface area contributed by atoms with E-state index >= 15 is 0 Å². The van der Waals surface area contributed by atoms with Crippen molar-refractivity contribution < 1.29 is 18.6 Å². The van der Waals surface area contributed by atoms with Crippen LogP contribution in [0.25, 0.3) is 33.0 Å². The van der Waals surface area contributed by atoms with Gasteiger partial charge >= 0.3 is 14.2 Å².